The predicted octanol–water partition coefficient (Wildman–Crippen LogP) is 4.71. The minimum atomic E-state index is -0.330. The average Bonchev–Trinajstić information content (AvgIpc) is 2.46. The molecule has 0 saturated heterocycles. The second-order valence-corrected chi connectivity index (χ2v) is 5.19. The lowest BCUT2D eigenvalue weighted by atomic mass is 9.90. The van der Waals surface area contributed by atoms with Gasteiger partial charge in [-0.05, 0) is 42.2 Å². The van der Waals surface area contributed by atoms with E-state index in [1.807, 2.05) is 18.2 Å². The summed E-state index contributed by atoms with van der Waals surface area (Å²) in [6, 6.07) is 13.3. The largest absolute Gasteiger partial charge is 0.494 e. The van der Waals surface area contributed by atoms with Gasteiger partial charge in [0, 0.05) is 11.8 Å². The number of ether oxygens (including phenoxy) is 1. The van der Waals surface area contributed by atoms with Crippen molar-refractivity contribution in [2.24, 2.45) is 0 Å². The molecular formula is C17H18ClFO. The number of hydrogen-bond acceptors (Lipinski definition) is 1. The Morgan fingerprint density at radius 2 is 1.95 bits per heavy atom. The minimum Gasteiger partial charge on any atom is -0.494 e. The van der Waals surface area contributed by atoms with E-state index in [1.165, 1.54) is 24.3 Å². The van der Waals surface area contributed by atoms with Crippen LogP contribution in [0, 0.1) is 12.7 Å². The smallest absolute Gasteiger partial charge is 0.165 e. The first-order chi connectivity index (χ1) is 9.65. The van der Waals surface area contributed by atoms with Crippen molar-refractivity contribution in [2.75, 3.05) is 13.0 Å². The van der Waals surface area contributed by atoms with E-state index in [-0.39, 0.29) is 17.5 Å². The fourth-order valence-electron chi connectivity index (χ4n) is 2.41. The van der Waals surface area contributed by atoms with E-state index in [2.05, 4.69) is 19.1 Å². The Morgan fingerprint density at radius 1 is 1.20 bits per heavy atom. The molecular weight excluding hydrogens is 275 g/mol. The van der Waals surface area contributed by atoms with Gasteiger partial charge in [0.2, 0.25) is 0 Å². The topological polar surface area (TPSA) is 9.23 Å². The van der Waals surface area contributed by atoms with Crippen LogP contribution >= 0.6 is 11.6 Å². The van der Waals surface area contributed by atoms with E-state index in [0.29, 0.717) is 5.88 Å². The third-order valence-electron chi connectivity index (χ3n) is 3.51. The first-order valence-corrected chi connectivity index (χ1v) is 7.13. The molecule has 106 valence electrons. The number of rotatable bonds is 5. The molecule has 1 unspecified atom stereocenters. The van der Waals surface area contributed by atoms with Gasteiger partial charge in [0.1, 0.15) is 0 Å². The number of benzene rings is 2. The van der Waals surface area contributed by atoms with Gasteiger partial charge >= 0.3 is 0 Å². The summed E-state index contributed by atoms with van der Waals surface area (Å²) < 4.78 is 18.7. The van der Waals surface area contributed by atoms with Crippen molar-refractivity contribution in [2.45, 2.75) is 19.3 Å². The maximum absolute atomic E-state index is 13.7. The van der Waals surface area contributed by atoms with Crippen LogP contribution in [0.25, 0.3) is 0 Å². The average molecular weight is 293 g/mol. The Balaban J connectivity index is 2.23. The van der Waals surface area contributed by atoms with Crippen LogP contribution in [0.2, 0.25) is 0 Å². The maximum Gasteiger partial charge on any atom is 0.165 e. The summed E-state index contributed by atoms with van der Waals surface area (Å²) in [6.07, 6.45) is 0.718. The SMILES string of the molecule is COc1ccc(CC(CCl)c2ccccc2C)cc1F. The van der Waals surface area contributed by atoms with Crippen LogP contribution in [0.15, 0.2) is 42.5 Å². The van der Waals surface area contributed by atoms with Gasteiger partial charge in [-0.25, -0.2) is 4.39 Å². The summed E-state index contributed by atoms with van der Waals surface area (Å²) >= 11 is 6.10. The highest BCUT2D eigenvalue weighted by Crippen LogP contribution is 2.27. The molecule has 2 aromatic carbocycles. The second kappa shape index (κ2) is 6.76. The summed E-state index contributed by atoms with van der Waals surface area (Å²) in [5.74, 6) is 0.638. The van der Waals surface area contributed by atoms with Crippen LogP contribution in [0.4, 0.5) is 4.39 Å². The maximum atomic E-state index is 13.7. The minimum absolute atomic E-state index is 0.186. The highest BCUT2D eigenvalue weighted by molar-refractivity contribution is 6.18. The molecule has 20 heavy (non-hydrogen) atoms. The van der Waals surface area contributed by atoms with E-state index >= 15 is 0 Å². The standard InChI is InChI=1S/C17H18ClFO/c1-12-5-3-4-6-15(12)14(11-18)9-13-7-8-17(20-2)16(19)10-13/h3-8,10,14H,9,11H2,1-2H3. The molecule has 2 rings (SSSR count). The van der Waals surface area contributed by atoms with Crippen LogP contribution in [-0.2, 0) is 6.42 Å². The molecule has 1 nitrogen and oxygen atoms in total. The first-order valence-electron chi connectivity index (χ1n) is 6.59. The number of aryl methyl sites for hydroxylation is 1. The second-order valence-electron chi connectivity index (χ2n) is 4.88. The molecule has 0 spiro atoms. The van der Waals surface area contributed by atoms with Crippen LogP contribution in [-0.4, -0.2) is 13.0 Å². The quantitative estimate of drug-likeness (QED) is 0.725. The van der Waals surface area contributed by atoms with Crippen LogP contribution in [0.5, 0.6) is 5.75 Å². The number of halogens is 2. The molecule has 2 aromatic rings. The fraction of sp³-hybridized carbons (Fsp3) is 0.294. The van der Waals surface area contributed by atoms with E-state index < -0.39 is 0 Å². The van der Waals surface area contributed by atoms with Crippen molar-refractivity contribution in [1.29, 1.82) is 0 Å². The predicted molar refractivity (Wildman–Crippen MR) is 81.3 cm³/mol. The van der Waals surface area contributed by atoms with Gasteiger partial charge in [-0.15, -0.1) is 11.6 Å². The Hall–Kier alpha value is -1.54. The summed E-state index contributed by atoms with van der Waals surface area (Å²) in [6.45, 7) is 2.07. The van der Waals surface area contributed by atoms with Gasteiger partial charge in [-0.3, -0.25) is 0 Å². The van der Waals surface area contributed by atoms with Crippen molar-refractivity contribution in [1.82, 2.24) is 0 Å². The van der Waals surface area contributed by atoms with Gasteiger partial charge < -0.3 is 4.74 Å². The Kier molecular flexibility index (Phi) is 5.02. The van der Waals surface area contributed by atoms with Gasteiger partial charge in [0.05, 0.1) is 7.11 Å². The van der Waals surface area contributed by atoms with E-state index in [1.54, 1.807) is 6.07 Å². The zero-order valence-electron chi connectivity index (χ0n) is 11.7. The first kappa shape index (κ1) is 14.9. The van der Waals surface area contributed by atoms with E-state index in [0.717, 1.165) is 12.0 Å². The number of hydrogen-bond donors (Lipinski definition) is 0. The molecule has 1 atom stereocenters. The van der Waals surface area contributed by atoms with Crippen LogP contribution < -0.4 is 4.74 Å². The molecule has 0 saturated carbocycles. The lowest BCUT2D eigenvalue weighted by Crippen LogP contribution is -2.07. The molecule has 0 bridgehead atoms. The Bertz CT molecular complexity index is 583. The summed E-state index contributed by atoms with van der Waals surface area (Å²) in [5.41, 5.74) is 3.36. The van der Waals surface area contributed by atoms with E-state index in [9.17, 15) is 4.39 Å². The molecule has 0 aliphatic carbocycles. The molecule has 0 radical (unpaired) electrons. The molecule has 3 heteroatoms. The van der Waals surface area contributed by atoms with Gasteiger partial charge in [-0.1, -0.05) is 30.3 Å². The fourth-order valence-corrected chi connectivity index (χ4v) is 2.69. The Labute approximate surface area is 124 Å². The third kappa shape index (κ3) is 3.31. The van der Waals surface area contributed by atoms with Gasteiger partial charge in [-0.2, -0.15) is 0 Å². The van der Waals surface area contributed by atoms with Crippen LogP contribution in [0.3, 0.4) is 0 Å². The van der Waals surface area contributed by atoms with Crippen molar-refractivity contribution in [3.63, 3.8) is 0 Å². The zero-order chi connectivity index (χ0) is 14.5. The Morgan fingerprint density at radius 3 is 2.55 bits per heavy atom. The molecule has 0 fully saturated rings. The molecule has 0 aliphatic rings. The summed E-state index contributed by atoms with van der Waals surface area (Å²) in [4.78, 5) is 0. The van der Waals surface area contributed by atoms with Crippen LogP contribution in [0.1, 0.15) is 22.6 Å². The summed E-state index contributed by atoms with van der Waals surface area (Å²) in [7, 11) is 1.47. The molecule has 0 aromatic heterocycles. The lowest BCUT2D eigenvalue weighted by molar-refractivity contribution is 0.386. The van der Waals surface area contributed by atoms with Crippen molar-refractivity contribution >= 4 is 11.6 Å². The number of methoxy groups -OCH3 is 1. The molecule has 0 N–H and O–H groups in total. The zero-order valence-corrected chi connectivity index (χ0v) is 12.5. The third-order valence-corrected chi connectivity index (χ3v) is 3.89. The van der Waals surface area contributed by atoms with Gasteiger partial charge in [0.25, 0.3) is 0 Å². The monoisotopic (exact) mass is 292 g/mol. The van der Waals surface area contributed by atoms with E-state index in [4.69, 9.17) is 16.3 Å². The van der Waals surface area contributed by atoms with Crippen molar-refractivity contribution < 1.29 is 9.13 Å². The summed E-state index contributed by atoms with van der Waals surface area (Å²) in [5, 5.41) is 0. The normalized spacial score (nSPS) is 12.2. The molecule has 0 amide bonds. The van der Waals surface area contributed by atoms with Crippen molar-refractivity contribution in [3.05, 3.63) is 65.0 Å². The van der Waals surface area contributed by atoms with Crippen molar-refractivity contribution in [3.8, 4) is 5.75 Å². The molecule has 0 aliphatic heterocycles. The highest BCUT2D eigenvalue weighted by atomic mass is 35.5. The highest BCUT2D eigenvalue weighted by Gasteiger charge is 2.14. The molecule has 0 heterocycles. The lowest BCUT2D eigenvalue weighted by Gasteiger charge is -2.17. The van der Waals surface area contributed by atoms with Gasteiger partial charge in [0.15, 0.2) is 11.6 Å². The number of alkyl halides is 1.